The number of fused-ring (bicyclic) bond motifs is 1. The van der Waals surface area contributed by atoms with Crippen LogP contribution in [0.5, 0.6) is 0 Å². The van der Waals surface area contributed by atoms with Crippen molar-refractivity contribution in [3.8, 4) is 0 Å². The molecule has 4 nitrogen and oxygen atoms in total. The summed E-state index contributed by atoms with van der Waals surface area (Å²) in [5.74, 6) is 0.646. The second-order valence-corrected chi connectivity index (χ2v) is 5.69. The van der Waals surface area contributed by atoms with E-state index >= 15 is 0 Å². The van der Waals surface area contributed by atoms with Crippen molar-refractivity contribution in [2.75, 3.05) is 0 Å². The molecule has 0 aliphatic heterocycles. The summed E-state index contributed by atoms with van der Waals surface area (Å²) in [7, 11) is 0. The van der Waals surface area contributed by atoms with Crippen LogP contribution in [0.4, 0.5) is 0 Å². The maximum atomic E-state index is 4.45. The lowest BCUT2D eigenvalue weighted by Crippen LogP contribution is -2.21. The van der Waals surface area contributed by atoms with Crippen molar-refractivity contribution in [1.82, 2.24) is 19.5 Å². The summed E-state index contributed by atoms with van der Waals surface area (Å²) < 4.78 is 2.12. The van der Waals surface area contributed by atoms with Crippen LogP contribution < -0.4 is 0 Å². The third-order valence-corrected chi connectivity index (χ3v) is 4.33. The Morgan fingerprint density at radius 3 is 2.27 bits per heavy atom. The van der Waals surface area contributed by atoms with E-state index in [-0.39, 0.29) is 5.41 Å². The molecule has 0 radical (unpaired) electrons. The first-order valence-corrected chi connectivity index (χ1v) is 8.37. The Bertz CT molecular complexity index is 638. The molecule has 1 atom stereocenters. The Morgan fingerprint density at radius 2 is 1.73 bits per heavy atom. The molecule has 2 aromatic rings. The molecule has 0 amide bonds. The topological polar surface area (TPSA) is 43.6 Å². The van der Waals surface area contributed by atoms with E-state index in [2.05, 4.69) is 46.4 Å². The van der Waals surface area contributed by atoms with Crippen molar-refractivity contribution in [2.45, 2.75) is 61.8 Å². The van der Waals surface area contributed by atoms with Gasteiger partial charge in [0.1, 0.15) is 18.2 Å². The van der Waals surface area contributed by atoms with Gasteiger partial charge in [0.05, 0.1) is 5.69 Å². The maximum absolute atomic E-state index is 4.45. The van der Waals surface area contributed by atoms with Gasteiger partial charge in [-0.1, -0.05) is 54.5 Å². The molecule has 1 aliphatic rings. The molecule has 22 heavy (non-hydrogen) atoms. The molecule has 0 spiro atoms. The second-order valence-electron chi connectivity index (χ2n) is 5.69. The van der Waals surface area contributed by atoms with Gasteiger partial charge in [-0.3, -0.25) is 4.57 Å². The first-order valence-electron chi connectivity index (χ1n) is 8.37. The Hall–Kier alpha value is -1.71. The fourth-order valence-electron chi connectivity index (χ4n) is 2.64. The molecular formula is C18H30N4. The molecule has 0 saturated carbocycles. The van der Waals surface area contributed by atoms with E-state index in [0.717, 1.165) is 23.3 Å². The van der Waals surface area contributed by atoms with Crippen molar-refractivity contribution in [2.24, 2.45) is 11.3 Å². The number of hydrogen-bond acceptors (Lipinski definition) is 3. The number of hydrogen-bond donors (Lipinski definition) is 0. The third kappa shape index (κ3) is 3.06. The fourth-order valence-corrected chi connectivity index (χ4v) is 2.64. The van der Waals surface area contributed by atoms with Gasteiger partial charge in [-0.2, -0.15) is 0 Å². The summed E-state index contributed by atoms with van der Waals surface area (Å²) in [5.41, 5.74) is 4.20. The van der Waals surface area contributed by atoms with Crippen LogP contribution in [0.3, 0.4) is 0 Å². The Labute approximate surface area is 134 Å². The highest BCUT2D eigenvalue weighted by molar-refractivity contribution is 5.78. The highest BCUT2D eigenvalue weighted by atomic mass is 15.1. The van der Waals surface area contributed by atoms with Crippen LogP contribution in [0.15, 0.2) is 18.7 Å². The monoisotopic (exact) mass is 302 g/mol. The summed E-state index contributed by atoms with van der Waals surface area (Å²) in [5, 5.41) is 0. The number of allylic oxidation sites excluding steroid dienone is 2. The molecule has 0 fully saturated rings. The lowest BCUT2D eigenvalue weighted by atomic mass is 9.81. The molecule has 0 aromatic carbocycles. The van der Waals surface area contributed by atoms with Gasteiger partial charge >= 0.3 is 0 Å². The number of rotatable bonds is 1. The van der Waals surface area contributed by atoms with E-state index in [1.54, 1.807) is 6.33 Å². The fraction of sp³-hybridized carbons (Fsp3) is 0.611. The third-order valence-electron chi connectivity index (χ3n) is 4.33. The smallest absolute Gasteiger partial charge is 0.167 e. The molecule has 1 aliphatic carbocycles. The zero-order valence-electron chi connectivity index (χ0n) is 15.3. The molecule has 0 N–H and O–H groups in total. The van der Waals surface area contributed by atoms with Gasteiger partial charge in [0.25, 0.3) is 0 Å². The number of imidazole rings is 1. The largest absolute Gasteiger partial charge is 0.287 e. The minimum atomic E-state index is 0.159. The molecule has 2 heterocycles. The summed E-state index contributed by atoms with van der Waals surface area (Å²) in [4.78, 5) is 13.0. The molecule has 0 bridgehead atoms. The standard InChI is InChI=1S/C14H18N4.2C2H6/c1-9-5-6-11(14(9,3)4)18-8-17-12-10(2)15-7-16-13(12)18;2*1-2/h6-9H,5H2,1-4H3;2*1-2H3. The average Bonchev–Trinajstić information content (AvgIpc) is 3.06. The van der Waals surface area contributed by atoms with Crippen LogP contribution >= 0.6 is 0 Å². The van der Waals surface area contributed by atoms with Gasteiger partial charge < -0.3 is 0 Å². The van der Waals surface area contributed by atoms with E-state index in [1.165, 1.54) is 5.70 Å². The lowest BCUT2D eigenvalue weighted by molar-refractivity contribution is 0.338. The SMILES string of the molecule is CC.CC.Cc1ncnc2c1ncn2C1=CCC(C)C1(C)C. The highest BCUT2D eigenvalue weighted by Gasteiger charge is 2.36. The first kappa shape index (κ1) is 18.3. The second kappa shape index (κ2) is 7.52. The lowest BCUT2D eigenvalue weighted by Gasteiger charge is -2.28. The minimum Gasteiger partial charge on any atom is -0.287 e. The Morgan fingerprint density at radius 1 is 1.09 bits per heavy atom. The average molecular weight is 302 g/mol. The van der Waals surface area contributed by atoms with Crippen LogP contribution in [0.25, 0.3) is 16.9 Å². The van der Waals surface area contributed by atoms with Crippen molar-refractivity contribution >= 4 is 16.9 Å². The summed E-state index contributed by atoms with van der Waals surface area (Å²) >= 11 is 0. The van der Waals surface area contributed by atoms with E-state index in [4.69, 9.17) is 0 Å². The molecule has 0 saturated heterocycles. The predicted molar refractivity (Wildman–Crippen MR) is 94.6 cm³/mol. The minimum absolute atomic E-state index is 0.159. The summed E-state index contributed by atoms with van der Waals surface area (Å²) in [6, 6.07) is 0. The maximum Gasteiger partial charge on any atom is 0.167 e. The molecular weight excluding hydrogens is 272 g/mol. The first-order chi connectivity index (χ1) is 10.5. The Kier molecular flexibility index (Phi) is 6.27. The quantitative estimate of drug-likeness (QED) is 0.736. The molecule has 3 rings (SSSR count). The zero-order valence-corrected chi connectivity index (χ0v) is 15.3. The number of nitrogens with zero attached hydrogens (tertiary/aromatic N) is 4. The van der Waals surface area contributed by atoms with Crippen molar-refractivity contribution in [1.29, 1.82) is 0 Å². The van der Waals surface area contributed by atoms with E-state index in [9.17, 15) is 0 Å². The van der Waals surface area contributed by atoms with Crippen LogP contribution in [0, 0.1) is 18.3 Å². The van der Waals surface area contributed by atoms with Gasteiger partial charge in [-0.25, -0.2) is 15.0 Å². The number of aromatic nitrogens is 4. The van der Waals surface area contributed by atoms with Crippen LogP contribution in [0.1, 0.15) is 60.6 Å². The molecule has 2 aromatic heterocycles. The van der Waals surface area contributed by atoms with E-state index in [0.29, 0.717) is 5.92 Å². The highest BCUT2D eigenvalue weighted by Crippen LogP contribution is 2.46. The van der Waals surface area contributed by atoms with Crippen molar-refractivity contribution in [3.63, 3.8) is 0 Å². The van der Waals surface area contributed by atoms with Crippen molar-refractivity contribution < 1.29 is 0 Å². The van der Waals surface area contributed by atoms with E-state index < -0.39 is 0 Å². The van der Waals surface area contributed by atoms with Crippen LogP contribution in [0.2, 0.25) is 0 Å². The van der Waals surface area contributed by atoms with Gasteiger partial charge in [0.2, 0.25) is 0 Å². The van der Waals surface area contributed by atoms with Gasteiger partial charge in [-0.05, 0) is 19.3 Å². The van der Waals surface area contributed by atoms with E-state index in [1.807, 2.05) is 40.9 Å². The zero-order chi connectivity index (χ0) is 16.9. The molecule has 122 valence electrons. The molecule has 4 heteroatoms. The normalized spacial score (nSPS) is 18.9. The predicted octanol–water partition coefficient (Wildman–Crippen LogP) is 5.09. The molecule has 1 unspecified atom stereocenters. The van der Waals surface area contributed by atoms with Crippen molar-refractivity contribution in [3.05, 3.63) is 24.4 Å². The number of aryl methyl sites for hydroxylation is 1. The van der Waals surface area contributed by atoms with Crippen LogP contribution in [-0.4, -0.2) is 19.5 Å². The van der Waals surface area contributed by atoms with Crippen LogP contribution in [-0.2, 0) is 0 Å². The van der Waals surface area contributed by atoms with Gasteiger partial charge in [0.15, 0.2) is 5.65 Å². The summed E-state index contributed by atoms with van der Waals surface area (Å²) in [6.07, 6.45) is 6.91. The van der Waals surface area contributed by atoms with Gasteiger partial charge in [0, 0.05) is 11.1 Å². The van der Waals surface area contributed by atoms with Gasteiger partial charge in [-0.15, -0.1) is 0 Å². The summed E-state index contributed by atoms with van der Waals surface area (Å²) in [6.45, 7) is 16.8. The Balaban J connectivity index is 0.000000561.